The molecule has 0 aliphatic carbocycles. The molecule has 6 heteroatoms. The largest absolute Gasteiger partial charge is 0.478 e. The van der Waals surface area contributed by atoms with Crippen LogP contribution in [0.15, 0.2) is 79.1 Å². The molecule has 4 aromatic rings. The van der Waals surface area contributed by atoms with E-state index < -0.39 is 5.97 Å². The third-order valence-corrected chi connectivity index (χ3v) is 7.79. The second kappa shape index (κ2) is 10.3. The Morgan fingerprint density at radius 3 is 2.84 bits per heavy atom. The van der Waals surface area contributed by atoms with Crippen molar-refractivity contribution in [2.45, 2.75) is 32.2 Å². The summed E-state index contributed by atoms with van der Waals surface area (Å²) in [7, 11) is 0. The van der Waals surface area contributed by atoms with E-state index in [1.807, 2.05) is 0 Å². The number of rotatable bonds is 6. The number of nitrogens with zero attached hydrogens (tertiary/aromatic N) is 2. The number of benzene rings is 3. The summed E-state index contributed by atoms with van der Waals surface area (Å²) < 4.78 is 0. The van der Waals surface area contributed by atoms with Crippen LogP contribution >= 0.6 is 0 Å². The van der Waals surface area contributed by atoms with Crippen molar-refractivity contribution < 1.29 is 9.90 Å². The van der Waals surface area contributed by atoms with Crippen LogP contribution in [0.4, 0.5) is 17.1 Å². The first-order valence-corrected chi connectivity index (χ1v) is 13.3. The number of anilines is 3. The predicted octanol–water partition coefficient (Wildman–Crippen LogP) is 6.14. The maximum atomic E-state index is 11.6. The number of carbonyl (C=O) groups is 1. The van der Waals surface area contributed by atoms with E-state index in [1.54, 1.807) is 6.20 Å². The summed E-state index contributed by atoms with van der Waals surface area (Å²) in [5.74, 6) is -0.956. The van der Waals surface area contributed by atoms with Gasteiger partial charge in [-0.2, -0.15) is 0 Å². The fourth-order valence-corrected chi connectivity index (χ4v) is 5.88. The predicted molar refractivity (Wildman–Crippen MR) is 153 cm³/mol. The Hall–Kier alpha value is -4.16. The molecule has 6 rings (SSSR count). The number of hydrogen-bond donors (Lipinski definition) is 3. The SMILES string of the molecule is Cc1cc(N2CCCc3ccccc32)ccc1-c1ccc2c(c1)CCNC2CNc1cnccc1C(=O)O. The van der Waals surface area contributed by atoms with Gasteiger partial charge in [0, 0.05) is 36.7 Å². The van der Waals surface area contributed by atoms with E-state index >= 15 is 0 Å². The van der Waals surface area contributed by atoms with Gasteiger partial charge in [0.1, 0.15) is 0 Å². The minimum Gasteiger partial charge on any atom is -0.478 e. The molecule has 2 aliphatic heterocycles. The van der Waals surface area contributed by atoms with Gasteiger partial charge in [0.2, 0.25) is 0 Å². The van der Waals surface area contributed by atoms with Crippen LogP contribution in [0.5, 0.6) is 0 Å². The number of para-hydroxylation sites is 1. The number of hydrogen-bond acceptors (Lipinski definition) is 5. The number of aryl methyl sites for hydroxylation is 2. The highest BCUT2D eigenvalue weighted by molar-refractivity contribution is 5.93. The smallest absolute Gasteiger partial charge is 0.337 e. The molecular weight excluding hydrogens is 472 g/mol. The van der Waals surface area contributed by atoms with Crippen LogP contribution < -0.4 is 15.5 Å². The van der Waals surface area contributed by atoms with Crippen molar-refractivity contribution in [1.82, 2.24) is 10.3 Å². The van der Waals surface area contributed by atoms with E-state index in [0.717, 1.165) is 25.9 Å². The first-order valence-electron chi connectivity index (χ1n) is 13.3. The Morgan fingerprint density at radius 2 is 1.97 bits per heavy atom. The summed E-state index contributed by atoms with van der Waals surface area (Å²) >= 11 is 0. The molecule has 0 saturated heterocycles. The Balaban J connectivity index is 1.23. The summed E-state index contributed by atoms with van der Waals surface area (Å²) in [6.07, 6.45) is 6.36. The van der Waals surface area contributed by atoms with Crippen LogP contribution in [0.1, 0.15) is 45.1 Å². The molecule has 0 bridgehead atoms. The second-order valence-electron chi connectivity index (χ2n) is 10.2. The number of fused-ring (bicyclic) bond motifs is 2. The third-order valence-electron chi connectivity index (χ3n) is 7.79. The highest BCUT2D eigenvalue weighted by Crippen LogP contribution is 2.37. The van der Waals surface area contributed by atoms with Gasteiger partial charge in [0.25, 0.3) is 0 Å². The quantitative estimate of drug-likeness (QED) is 0.293. The zero-order valence-corrected chi connectivity index (χ0v) is 21.6. The average molecular weight is 505 g/mol. The van der Waals surface area contributed by atoms with Gasteiger partial charge in [-0.05, 0) is 90.4 Å². The van der Waals surface area contributed by atoms with Gasteiger partial charge in [-0.15, -0.1) is 0 Å². The van der Waals surface area contributed by atoms with Crippen molar-refractivity contribution in [1.29, 1.82) is 0 Å². The maximum absolute atomic E-state index is 11.6. The van der Waals surface area contributed by atoms with Crippen molar-refractivity contribution in [2.75, 3.05) is 29.9 Å². The van der Waals surface area contributed by atoms with Gasteiger partial charge in [-0.1, -0.05) is 42.5 Å². The molecule has 3 heterocycles. The van der Waals surface area contributed by atoms with Crippen molar-refractivity contribution >= 4 is 23.0 Å². The van der Waals surface area contributed by atoms with Crippen LogP contribution in [0, 0.1) is 6.92 Å². The molecule has 0 spiro atoms. The summed E-state index contributed by atoms with van der Waals surface area (Å²) in [5.41, 5.74) is 11.1. The summed E-state index contributed by atoms with van der Waals surface area (Å²) in [5, 5.41) is 16.3. The fourth-order valence-electron chi connectivity index (χ4n) is 5.88. The van der Waals surface area contributed by atoms with E-state index in [0.29, 0.717) is 12.2 Å². The Kier molecular flexibility index (Phi) is 6.56. The first kappa shape index (κ1) is 24.2. The second-order valence-corrected chi connectivity index (χ2v) is 10.2. The number of nitrogens with one attached hydrogen (secondary N) is 2. The average Bonchev–Trinajstić information content (AvgIpc) is 2.95. The Bertz CT molecular complexity index is 1500. The Labute approximate surface area is 223 Å². The van der Waals surface area contributed by atoms with E-state index in [2.05, 4.69) is 88.1 Å². The number of carboxylic acids is 1. The highest BCUT2D eigenvalue weighted by Gasteiger charge is 2.22. The van der Waals surface area contributed by atoms with Crippen LogP contribution in [0.3, 0.4) is 0 Å². The van der Waals surface area contributed by atoms with Crippen molar-refractivity contribution in [3.05, 3.63) is 107 Å². The molecule has 1 atom stereocenters. The van der Waals surface area contributed by atoms with Gasteiger partial charge in [0.15, 0.2) is 0 Å². The minimum atomic E-state index is -0.956. The minimum absolute atomic E-state index is 0.0947. The highest BCUT2D eigenvalue weighted by atomic mass is 16.4. The summed E-state index contributed by atoms with van der Waals surface area (Å²) in [6.45, 7) is 4.72. The Morgan fingerprint density at radius 1 is 1.08 bits per heavy atom. The molecule has 0 saturated carbocycles. The van der Waals surface area contributed by atoms with Crippen molar-refractivity contribution in [3.8, 4) is 11.1 Å². The monoisotopic (exact) mass is 504 g/mol. The zero-order chi connectivity index (χ0) is 26.1. The lowest BCUT2D eigenvalue weighted by atomic mass is 9.89. The van der Waals surface area contributed by atoms with Gasteiger partial charge >= 0.3 is 5.97 Å². The summed E-state index contributed by atoms with van der Waals surface area (Å²) in [4.78, 5) is 18.1. The molecule has 192 valence electrons. The third kappa shape index (κ3) is 4.63. The fraction of sp³-hybridized carbons (Fsp3) is 0.250. The molecule has 0 fully saturated rings. The van der Waals surface area contributed by atoms with Gasteiger partial charge < -0.3 is 20.6 Å². The van der Waals surface area contributed by atoms with Crippen molar-refractivity contribution in [2.24, 2.45) is 0 Å². The van der Waals surface area contributed by atoms with Crippen LogP contribution in [0.25, 0.3) is 11.1 Å². The van der Waals surface area contributed by atoms with Crippen molar-refractivity contribution in [3.63, 3.8) is 0 Å². The van der Waals surface area contributed by atoms with E-state index in [-0.39, 0.29) is 11.6 Å². The lowest BCUT2D eigenvalue weighted by molar-refractivity contribution is 0.0697. The number of aromatic nitrogens is 1. The normalized spacial score (nSPS) is 16.4. The van der Waals surface area contributed by atoms with Gasteiger partial charge in [-0.3, -0.25) is 4.98 Å². The molecule has 38 heavy (non-hydrogen) atoms. The maximum Gasteiger partial charge on any atom is 0.337 e. The topological polar surface area (TPSA) is 77.5 Å². The molecule has 6 nitrogen and oxygen atoms in total. The van der Waals surface area contributed by atoms with E-state index in [9.17, 15) is 9.90 Å². The molecule has 1 aromatic heterocycles. The molecule has 0 radical (unpaired) electrons. The standard InChI is InChI=1S/C32H32N4O2/c1-21-17-25(36-16-4-6-22-5-2-3-7-31(22)36)9-11-26(21)23-8-10-27-24(18-23)12-15-34-30(27)20-35-29-19-33-14-13-28(29)32(37)38/h2-3,5,7-11,13-14,17-19,30,34-35H,4,6,12,15-16,20H2,1H3,(H,37,38). The van der Waals surface area contributed by atoms with Gasteiger partial charge in [-0.25, -0.2) is 4.79 Å². The molecule has 1 unspecified atom stereocenters. The molecule has 0 amide bonds. The molecule has 3 aromatic carbocycles. The van der Waals surface area contributed by atoms with Crippen LogP contribution in [-0.4, -0.2) is 35.7 Å². The van der Waals surface area contributed by atoms with E-state index in [4.69, 9.17) is 0 Å². The number of carboxylic acid groups (broad SMARTS) is 1. The van der Waals surface area contributed by atoms with E-state index in [1.165, 1.54) is 63.4 Å². The zero-order valence-electron chi connectivity index (χ0n) is 21.6. The van der Waals surface area contributed by atoms with Crippen LogP contribution in [0.2, 0.25) is 0 Å². The molecular formula is C32H32N4O2. The van der Waals surface area contributed by atoms with Crippen LogP contribution in [-0.2, 0) is 12.8 Å². The number of aromatic carboxylic acids is 1. The molecule has 2 aliphatic rings. The molecule has 3 N–H and O–H groups in total. The summed E-state index contributed by atoms with van der Waals surface area (Å²) in [6, 6.07) is 24.0. The van der Waals surface area contributed by atoms with Gasteiger partial charge in [0.05, 0.1) is 17.4 Å². The lowest BCUT2D eigenvalue weighted by Gasteiger charge is -2.32. The lowest BCUT2D eigenvalue weighted by Crippen LogP contribution is -2.34. The number of pyridine rings is 1. The first-order chi connectivity index (χ1) is 18.6.